The molecule has 0 saturated heterocycles. The predicted molar refractivity (Wildman–Crippen MR) is 86.5 cm³/mol. The molecular formula is C16H9BrClNO2. The Morgan fingerprint density at radius 1 is 1.14 bits per heavy atom. The molecule has 0 radical (unpaired) electrons. The van der Waals surface area contributed by atoms with Crippen LogP contribution >= 0.6 is 27.5 Å². The van der Waals surface area contributed by atoms with Crippen LogP contribution in [-0.4, -0.2) is 11.7 Å². The summed E-state index contributed by atoms with van der Waals surface area (Å²) in [6, 6.07) is 12.0. The molecule has 0 saturated carbocycles. The van der Waals surface area contributed by atoms with Gasteiger partial charge in [-0.1, -0.05) is 27.5 Å². The van der Waals surface area contributed by atoms with Crippen LogP contribution in [0.15, 0.2) is 53.0 Å². The Bertz CT molecular complexity index is 781. The Morgan fingerprint density at radius 2 is 1.86 bits per heavy atom. The van der Waals surface area contributed by atoms with Gasteiger partial charge in [0, 0.05) is 26.3 Å². The van der Waals surface area contributed by atoms with E-state index in [1.54, 1.807) is 30.3 Å². The lowest BCUT2D eigenvalue weighted by Crippen LogP contribution is -2.05. The summed E-state index contributed by atoms with van der Waals surface area (Å²) in [5.41, 5.74) is 2.28. The third-order valence-corrected chi connectivity index (χ3v) is 3.91. The van der Waals surface area contributed by atoms with Crippen LogP contribution in [0.3, 0.4) is 0 Å². The summed E-state index contributed by atoms with van der Waals surface area (Å²) >= 11 is 9.16. The van der Waals surface area contributed by atoms with Gasteiger partial charge >= 0.3 is 0 Å². The number of hydrogen-bond acceptors (Lipinski definition) is 2. The third-order valence-electron chi connectivity index (χ3n) is 3.17. The zero-order valence-electron chi connectivity index (χ0n) is 10.7. The fourth-order valence-corrected chi connectivity index (χ4v) is 2.62. The lowest BCUT2D eigenvalue weighted by Gasteiger charge is -2.00. The smallest absolute Gasteiger partial charge is 0.256 e. The second kappa shape index (κ2) is 5.47. The molecule has 3 rings (SSSR count). The van der Waals surface area contributed by atoms with Crippen molar-refractivity contribution in [1.29, 1.82) is 0 Å². The van der Waals surface area contributed by atoms with E-state index in [4.69, 9.17) is 11.6 Å². The number of carbonyl (C=O) groups is 2. The Morgan fingerprint density at radius 3 is 2.57 bits per heavy atom. The highest BCUT2D eigenvalue weighted by Crippen LogP contribution is 2.34. The van der Waals surface area contributed by atoms with E-state index in [2.05, 4.69) is 21.2 Å². The standard InChI is InChI=1S/C16H9BrClNO2/c17-10-3-6-14-12(7-10)13(16(21)19-14)8-15(20)9-1-4-11(18)5-2-9/h1-8H,(H,19,21)/b13-8-. The van der Waals surface area contributed by atoms with Crippen LogP contribution in [0.4, 0.5) is 5.69 Å². The minimum absolute atomic E-state index is 0.232. The summed E-state index contributed by atoms with van der Waals surface area (Å²) in [7, 11) is 0. The van der Waals surface area contributed by atoms with Crippen LogP contribution in [0.25, 0.3) is 5.57 Å². The molecule has 1 heterocycles. The number of nitrogens with one attached hydrogen (secondary N) is 1. The highest BCUT2D eigenvalue weighted by Gasteiger charge is 2.25. The molecule has 3 nitrogen and oxygen atoms in total. The second-order valence-corrected chi connectivity index (χ2v) is 5.93. The Hall–Kier alpha value is -1.91. The van der Waals surface area contributed by atoms with Crippen molar-refractivity contribution in [3.8, 4) is 0 Å². The van der Waals surface area contributed by atoms with Crippen LogP contribution in [0.5, 0.6) is 0 Å². The van der Waals surface area contributed by atoms with Crippen molar-refractivity contribution < 1.29 is 9.59 Å². The number of fused-ring (bicyclic) bond motifs is 1. The van der Waals surface area contributed by atoms with E-state index in [-0.39, 0.29) is 11.7 Å². The maximum atomic E-state index is 12.2. The molecule has 0 aliphatic carbocycles. The van der Waals surface area contributed by atoms with Crippen molar-refractivity contribution >= 4 is 50.5 Å². The molecule has 0 spiro atoms. The molecule has 104 valence electrons. The molecule has 1 N–H and O–H groups in total. The van der Waals surface area contributed by atoms with Gasteiger partial charge in [-0.05, 0) is 48.5 Å². The van der Waals surface area contributed by atoms with Gasteiger partial charge in [-0.2, -0.15) is 0 Å². The van der Waals surface area contributed by atoms with Crippen molar-refractivity contribution in [2.75, 3.05) is 5.32 Å². The maximum Gasteiger partial charge on any atom is 0.256 e. The van der Waals surface area contributed by atoms with Crippen LogP contribution in [-0.2, 0) is 4.79 Å². The van der Waals surface area contributed by atoms with E-state index >= 15 is 0 Å². The molecule has 0 bridgehead atoms. The monoisotopic (exact) mass is 361 g/mol. The van der Waals surface area contributed by atoms with Gasteiger partial charge in [-0.25, -0.2) is 0 Å². The Balaban J connectivity index is 2.00. The number of benzene rings is 2. The minimum atomic E-state index is -0.273. The summed E-state index contributed by atoms with van der Waals surface area (Å²) in [5.74, 6) is -0.505. The van der Waals surface area contributed by atoms with Gasteiger partial charge in [0.25, 0.3) is 5.91 Å². The highest BCUT2D eigenvalue weighted by molar-refractivity contribution is 9.10. The van der Waals surface area contributed by atoms with E-state index < -0.39 is 0 Å². The third kappa shape index (κ3) is 2.77. The number of ketones is 1. The molecule has 0 fully saturated rings. The first-order valence-corrected chi connectivity index (χ1v) is 7.34. The topological polar surface area (TPSA) is 46.2 Å². The summed E-state index contributed by atoms with van der Waals surface area (Å²) in [4.78, 5) is 24.2. The van der Waals surface area contributed by atoms with E-state index in [0.29, 0.717) is 21.8 Å². The van der Waals surface area contributed by atoms with E-state index in [1.165, 1.54) is 6.08 Å². The van der Waals surface area contributed by atoms with E-state index in [9.17, 15) is 9.59 Å². The molecule has 1 aliphatic heterocycles. The largest absolute Gasteiger partial charge is 0.321 e. The number of carbonyl (C=O) groups excluding carboxylic acids is 2. The molecule has 2 aromatic rings. The average Bonchev–Trinajstić information content (AvgIpc) is 2.76. The number of amides is 1. The van der Waals surface area contributed by atoms with Crippen LogP contribution in [0.2, 0.25) is 5.02 Å². The molecule has 0 unspecified atom stereocenters. The number of anilines is 1. The molecular weight excluding hydrogens is 354 g/mol. The Kier molecular flexibility index (Phi) is 3.66. The van der Waals surface area contributed by atoms with Gasteiger partial charge in [0.05, 0.1) is 5.57 Å². The lowest BCUT2D eigenvalue weighted by molar-refractivity contribution is -0.110. The number of halogens is 2. The minimum Gasteiger partial charge on any atom is -0.321 e. The predicted octanol–water partition coefficient (Wildman–Crippen LogP) is 4.32. The SMILES string of the molecule is O=C1Nc2ccc(Br)cc2/C1=C/C(=O)c1ccc(Cl)cc1. The van der Waals surface area contributed by atoms with Gasteiger partial charge in [0.2, 0.25) is 0 Å². The number of allylic oxidation sites excluding steroid dienone is 1. The lowest BCUT2D eigenvalue weighted by atomic mass is 10.0. The van der Waals surface area contributed by atoms with Crippen molar-refractivity contribution in [3.05, 3.63) is 69.2 Å². The van der Waals surface area contributed by atoms with Gasteiger partial charge in [0.15, 0.2) is 5.78 Å². The molecule has 21 heavy (non-hydrogen) atoms. The molecule has 1 amide bonds. The first kappa shape index (κ1) is 14.0. The van der Waals surface area contributed by atoms with Gasteiger partial charge < -0.3 is 5.32 Å². The quantitative estimate of drug-likeness (QED) is 0.639. The zero-order chi connectivity index (χ0) is 15.0. The fourth-order valence-electron chi connectivity index (χ4n) is 2.13. The summed E-state index contributed by atoms with van der Waals surface area (Å²) < 4.78 is 0.850. The zero-order valence-corrected chi connectivity index (χ0v) is 13.0. The van der Waals surface area contributed by atoms with Crippen molar-refractivity contribution in [1.82, 2.24) is 0 Å². The average molecular weight is 363 g/mol. The molecule has 2 aromatic carbocycles. The van der Waals surface area contributed by atoms with Gasteiger partial charge in [0.1, 0.15) is 0 Å². The first-order chi connectivity index (χ1) is 10.0. The first-order valence-electron chi connectivity index (χ1n) is 6.17. The highest BCUT2D eigenvalue weighted by atomic mass is 79.9. The Labute approximate surface area is 134 Å². The van der Waals surface area contributed by atoms with E-state index in [1.807, 2.05) is 12.1 Å². The number of hydrogen-bond donors (Lipinski definition) is 1. The fraction of sp³-hybridized carbons (Fsp3) is 0. The number of rotatable bonds is 2. The molecule has 1 aliphatic rings. The normalized spacial score (nSPS) is 15.0. The van der Waals surface area contributed by atoms with Crippen molar-refractivity contribution in [2.45, 2.75) is 0 Å². The van der Waals surface area contributed by atoms with Crippen LogP contribution in [0.1, 0.15) is 15.9 Å². The van der Waals surface area contributed by atoms with Crippen LogP contribution < -0.4 is 5.32 Å². The maximum absolute atomic E-state index is 12.2. The van der Waals surface area contributed by atoms with E-state index in [0.717, 1.165) is 10.0 Å². The summed E-state index contributed by atoms with van der Waals surface area (Å²) in [5, 5.41) is 3.30. The van der Waals surface area contributed by atoms with Gasteiger partial charge in [-0.15, -0.1) is 0 Å². The van der Waals surface area contributed by atoms with Gasteiger partial charge in [-0.3, -0.25) is 9.59 Å². The van der Waals surface area contributed by atoms with Crippen molar-refractivity contribution in [2.24, 2.45) is 0 Å². The summed E-state index contributed by atoms with van der Waals surface area (Å²) in [6.45, 7) is 0. The molecule has 5 heteroatoms. The van der Waals surface area contributed by atoms with Crippen LogP contribution in [0, 0.1) is 0 Å². The second-order valence-electron chi connectivity index (χ2n) is 4.57. The van der Waals surface area contributed by atoms with Crippen molar-refractivity contribution in [3.63, 3.8) is 0 Å². The molecule has 0 atom stereocenters. The molecule has 0 aromatic heterocycles. The summed E-state index contributed by atoms with van der Waals surface area (Å²) in [6.07, 6.45) is 1.36.